The SMILES string of the molecule is Cc1noc(-c2nc(CC3CCCCC3)c(-c3ccc(S(=O)(=O)NC(C)(C)C)c4ccccc34)s2)n1. The summed E-state index contributed by atoms with van der Waals surface area (Å²) in [7, 11) is -3.71. The summed E-state index contributed by atoms with van der Waals surface area (Å²) in [5.74, 6) is 1.59. The molecule has 0 atom stereocenters. The molecule has 1 N–H and O–H groups in total. The predicted molar refractivity (Wildman–Crippen MR) is 143 cm³/mol. The van der Waals surface area contributed by atoms with Crippen LogP contribution in [0.4, 0.5) is 0 Å². The molecule has 0 spiro atoms. The average molecular weight is 525 g/mol. The maximum absolute atomic E-state index is 13.3. The number of sulfonamides is 1. The lowest BCUT2D eigenvalue weighted by Gasteiger charge is -2.22. The molecule has 0 radical (unpaired) electrons. The van der Waals surface area contributed by atoms with Crippen LogP contribution in [0, 0.1) is 12.8 Å². The Kier molecular flexibility index (Phi) is 6.74. The molecule has 4 aromatic rings. The topological polar surface area (TPSA) is 98.0 Å². The molecule has 0 unspecified atom stereocenters. The van der Waals surface area contributed by atoms with E-state index in [9.17, 15) is 8.42 Å². The highest BCUT2D eigenvalue weighted by molar-refractivity contribution is 7.89. The molecule has 0 aliphatic heterocycles. The number of aryl methyl sites for hydroxylation is 1. The number of nitrogens with one attached hydrogen (secondary N) is 1. The Hall–Kier alpha value is -2.62. The van der Waals surface area contributed by atoms with Gasteiger partial charge in [0.2, 0.25) is 10.0 Å². The first kappa shape index (κ1) is 25.0. The standard InChI is InChI=1S/C27H32N4O3S2/c1-17-28-25(34-30-17)26-29-22(16-18-10-6-5-7-11-18)24(35-26)21-14-15-23(20-13-9-8-12-19(20)21)36(32,33)31-27(2,3)4/h8-9,12-15,18,31H,5-7,10-11,16H2,1-4H3. The van der Waals surface area contributed by atoms with Gasteiger partial charge in [-0.3, -0.25) is 0 Å². The fourth-order valence-corrected chi connectivity index (χ4v) is 7.69. The van der Waals surface area contributed by atoms with E-state index in [2.05, 4.69) is 14.9 Å². The van der Waals surface area contributed by atoms with Crippen LogP contribution in [0.5, 0.6) is 0 Å². The third kappa shape index (κ3) is 5.23. The van der Waals surface area contributed by atoms with Gasteiger partial charge >= 0.3 is 0 Å². The summed E-state index contributed by atoms with van der Waals surface area (Å²) in [4.78, 5) is 10.7. The van der Waals surface area contributed by atoms with E-state index in [1.54, 1.807) is 13.0 Å². The van der Waals surface area contributed by atoms with Crippen molar-refractivity contribution in [2.45, 2.75) is 76.7 Å². The number of aromatic nitrogens is 3. The maximum Gasteiger partial charge on any atom is 0.286 e. The van der Waals surface area contributed by atoms with E-state index in [4.69, 9.17) is 9.51 Å². The number of hydrogen-bond acceptors (Lipinski definition) is 7. The van der Waals surface area contributed by atoms with Gasteiger partial charge < -0.3 is 4.52 Å². The van der Waals surface area contributed by atoms with Crippen LogP contribution in [0.1, 0.15) is 64.4 Å². The zero-order valence-corrected chi connectivity index (χ0v) is 22.8. The Balaban J connectivity index is 1.65. The van der Waals surface area contributed by atoms with Gasteiger partial charge in [0.25, 0.3) is 5.89 Å². The fourth-order valence-electron chi connectivity index (χ4n) is 5.00. The minimum absolute atomic E-state index is 0.280. The molecule has 190 valence electrons. The van der Waals surface area contributed by atoms with Gasteiger partial charge in [-0.05, 0) is 51.5 Å². The van der Waals surface area contributed by atoms with Crippen LogP contribution in [0.25, 0.3) is 32.1 Å². The first-order valence-corrected chi connectivity index (χ1v) is 14.8. The number of nitrogens with zero attached hydrogens (tertiary/aromatic N) is 3. The Labute approximate surface area is 216 Å². The van der Waals surface area contributed by atoms with Gasteiger partial charge in [-0.2, -0.15) is 4.98 Å². The zero-order valence-electron chi connectivity index (χ0n) is 21.2. The van der Waals surface area contributed by atoms with Crippen molar-refractivity contribution in [3.63, 3.8) is 0 Å². The summed E-state index contributed by atoms with van der Waals surface area (Å²) in [6, 6.07) is 11.3. The van der Waals surface area contributed by atoms with Crippen molar-refractivity contribution in [2.24, 2.45) is 5.92 Å². The first-order valence-electron chi connectivity index (χ1n) is 12.5. The average Bonchev–Trinajstić information content (AvgIpc) is 3.43. The molecule has 0 bridgehead atoms. The number of thiazole rings is 1. The van der Waals surface area contributed by atoms with Gasteiger partial charge in [0.15, 0.2) is 10.8 Å². The van der Waals surface area contributed by atoms with E-state index in [0.717, 1.165) is 27.9 Å². The van der Waals surface area contributed by atoms with Crippen molar-refractivity contribution >= 4 is 32.1 Å². The van der Waals surface area contributed by atoms with E-state index < -0.39 is 15.6 Å². The molecule has 0 amide bonds. The monoisotopic (exact) mass is 524 g/mol. The molecule has 7 nitrogen and oxygen atoms in total. The molecular formula is C27H32N4O3S2. The Morgan fingerprint density at radius 2 is 1.75 bits per heavy atom. The van der Waals surface area contributed by atoms with Gasteiger partial charge in [0.1, 0.15) is 0 Å². The minimum atomic E-state index is -3.71. The Morgan fingerprint density at radius 3 is 2.42 bits per heavy atom. The third-order valence-corrected chi connectivity index (χ3v) is 9.41. The van der Waals surface area contributed by atoms with Crippen LogP contribution >= 0.6 is 11.3 Å². The Morgan fingerprint density at radius 1 is 1.03 bits per heavy atom. The van der Waals surface area contributed by atoms with Crippen molar-refractivity contribution in [3.8, 4) is 21.3 Å². The molecule has 2 aromatic carbocycles. The fraction of sp³-hybridized carbons (Fsp3) is 0.444. The molecule has 2 heterocycles. The lowest BCUT2D eigenvalue weighted by Crippen LogP contribution is -2.40. The van der Waals surface area contributed by atoms with Crippen LogP contribution in [0.15, 0.2) is 45.8 Å². The van der Waals surface area contributed by atoms with Crippen LogP contribution in [0.3, 0.4) is 0 Å². The van der Waals surface area contributed by atoms with E-state index in [1.807, 2.05) is 51.1 Å². The molecule has 9 heteroatoms. The second-order valence-electron chi connectivity index (χ2n) is 10.7. The van der Waals surface area contributed by atoms with E-state index in [1.165, 1.54) is 43.4 Å². The molecular weight excluding hydrogens is 492 g/mol. The lowest BCUT2D eigenvalue weighted by molar-refractivity contribution is 0.355. The van der Waals surface area contributed by atoms with Gasteiger partial charge in [0, 0.05) is 16.5 Å². The summed E-state index contributed by atoms with van der Waals surface area (Å²) in [6.07, 6.45) is 7.13. The number of benzene rings is 2. The minimum Gasteiger partial charge on any atom is -0.331 e. The maximum atomic E-state index is 13.3. The van der Waals surface area contributed by atoms with Crippen molar-refractivity contribution < 1.29 is 12.9 Å². The molecule has 1 aliphatic rings. The molecule has 2 aromatic heterocycles. The highest BCUT2D eigenvalue weighted by Gasteiger charge is 2.27. The van der Waals surface area contributed by atoms with E-state index >= 15 is 0 Å². The van der Waals surface area contributed by atoms with Gasteiger partial charge in [-0.25, -0.2) is 18.1 Å². The molecule has 36 heavy (non-hydrogen) atoms. The summed E-state index contributed by atoms with van der Waals surface area (Å²) >= 11 is 1.53. The van der Waals surface area contributed by atoms with Crippen molar-refractivity contribution in [1.82, 2.24) is 19.8 Å². The second kappa shape index (κ2) is 9.68. The van der Waals surface area contributed by atoms with Crippen LogP contribution in [-0.4, -0.2) is 29.1 Å². The largest absolute Gasteiger partial charge is 0.331 e. The summed E-state index contributed by atoms with van der Waals surface area (Å²) < 4.78 is 34.8. The van der Waals surface area contributed by atoms with Crippen molar-refractivity contribution in [1.29, 1.82) is 0 Å². The second-order valence-corrected chi connectivity index (χ2v) is 13.3. The summed E-state index contributed by atoms with van der Waals surface area (Å²) in [5, 5.41) is 6.22. The van der Waals surface area contributed by atoms with Crippen molar-refractivity contribution in [2.75, 3.05) is 0 Å². The third-order valence-electron chi connectivity index (χ3n) is 6.47. The van der Waals surface area contributed by atoms with Crippen molar-refractivity contribution in [3.05, 3.63) is 47.9 Å². The van der Waals surface area contributed by atoms with E-state index in [0.29, 0.717) is 28.0 Å². The zero-order chi connectivity index (χ0) is 25.5. The predicted octanol–water partition coefficient (Wildman–Crippen LogP) is 6.52. The lowest BCUT2D eigenvalue weighted by atomic mass is 9.85. The first-order chi connectivity index (χ1) is 17.1. The molecule has 5 rings (SSSR count). The van der Waals surface area contributed by atoms with Gasteiger partial charge in [0.05, 0.1) is 15.5 Å². The highest BCUT2D eigenvalue weighted by atomic mass is 32.2. The van der Waals surface area contributed by atoms with E-state index in [-0.39, 0.29) is 4.90 Å². The number of fused-ring (bicyclic) bond motifs is 1. The van der Waals surface area contributed by atoms with Gasteiger partial charge in [-0.15, -0.1) is 11.3 Å². The molecule has 0 saturated heterocycles. The molecule has 1 saturated carbocycles. The number of hydrogen-bond donors (Lipinski definition) is 1. The summed E-state index contributed by atoms with van der Waals surface area (Å²) in [6.45, 7) is 7.33. The highest BCUT2D eigenvalue weighted by Crippen LogP contribution is 2.42. The smallest absolute Gasteiger partial charge is 0.286 e. The Bertz CT molecular complexity index is 1490. The van der Waals surface area contributed by atoms with Crippen LogP contribution in [0.2, 0.25) is 0 Å². The molecule has 1 aliphatic carbocycles. The normalized spacial score (nSPS) is 15.6. The van der Waals surface area contributed by atoms with Gasteiger partial charge in [-0.1, -0.05) is 67.6 Å². The number of rotatable bonds is 6. The summed E-state index contributed by atoms with van der Waals surface area (Å²) in [5.41, 5.74) is 1.41. The quantitative estimate of drug-likeness (QED) is 0.308. The van der Waals surface area contributed by atoms with Crippen LogP contribution in [-0.2, 0) is 16.4 Å². The molecule has 1 fully saturated rings. The van der Waals surface area contributed by atoms with Crippen LogP contribution < -0.4 is 4.72 Å².